The van der Waals surface area contributed by atoms with Crippen molar-refractivity contribution in [2.75, 3.05) is 19.7 Å². The quantitative estimate of drug-likeness (QED) is 0.402. The Morgan fingerprint density at radius 1 is 1.18 bits per heavy atom. The number of furan rings is 1. The van der Waals surface area contributed by atoms with Gasteiger partial charge < -0.3 is 14.3 Å². The number of phenolic OH excluding ortho intramolecular Hbond substituents is 1. The number of esters is 1. The van der Waals surface area contributed by atoms with Crippen LogP contribution in [-0.2, 0) is 4.74 Å². The topological polar surface area (TPSA) is 75.8 Å². The molecule has 4 aromatic rings. The van der Waals surface area contributed by atoms with Gasteiger partial charge in [-0.3, -0.25) is 9.88 Å². The second kappa shape index (κ2) is 8.83. The molecule has 1 aliphatic rings. The average Bonchev–Trinajstić information content (AvgIpc) is 3.28. The second-order valence-electron chi connectivity index (χ2n) is 8.28. The van der Waals surface area contributed by atoms with Crippen molar-refractivity contribution in [1.29, 1.82) is 0 Å². The number of pyridine rings is 1. The number of ether oxygens (including phenoxy) is 1. The molecule has 170 valence electrons. The summed E-state index contributed by atoms with van der Waals surface area (Å²) in [5.74, 6) is -1.27. The summed E-state index contributed by atoms with van der Waals surface area (Å²) in [6.07, 6.45) is 7.91. The molecule has 2 aromatic heterocycles. The van der Waals surface area contributed by atoms with Gasteiger partial charge in [-0.15, -0.1) is 0 Å². The lowest BCUT2D eigenvalue weighted by Crippen LogP contribution is -2.34. The van der Waals surface area contributed by atoms with Crippen molar-refractivity contribution < 1.29 is 23.4 Å². The Labute approximate surface area is 190 Å². The number of likely N-dealkylation sites (tertiary alicyclic amines) is 1. The zero-order valence-electron chi connectivity index (χ0n) is 18.4. The molecule has 33 heavy (non-hydrogen) atoms. The molecule has 5 rings (SSSR count). The fourth-order valence-electron chi connectivity index (χ4n) is 4.94. The van der Waals surface area contributed by atoms with E-state index < -0.39 is 17.8 Å². The van der Waals surface area contributed by atoms with Gasteiger partial charge in [0.05, 0.1) is 18.0 Å². The van der Waals surface area contributed by atoms with E-state index >= 15 is 4.39 Å². The zero-order chi connectivity index (χ0) is 22.9. The van der Waals surface area contributed by atoms with Gasteiger partial charge in [-0.1, -0.05) is 18.6 Å². The first kappa shape index (κ1) is 21.4. The van der Waals surface area contributed by atoms with Crippen LogP contribution in [0.15, 0.2) is 53.4 Å². The van der Waals surface area contributed by atoms with E-state index in [-0.39, 0.29) is 23.3 Å². The molecule has 0 aliphatic carbocycles. The number of carbonyl (C=O) groups excluding carboxylic acids is 1. The number of rotatable bonds is 5. The monoisotopic (exact) mass is 448 g/mol. The number of nitrogens with zero attached hydrogens (tertiary/aromatic N) is 2. The highest BCUT2D eigenvalue weighted by atomic mass is 19.1. The molecule has 1 unspecified atom stereocenters. The number of fused-ring (bicyclic) bond motifs is 3. The van der Waals surface area contributed by atoms with Crippen molar-refractivity contribution >= 4 is 27.7 Å². The van der Waals surface area contributed by atoms with E-state index in [0.29, 0.717) is 21.9 Å². The largest absolute Gasteiger partial charge is 0.507 e. The Hall–Kier alpha value is -3.45. The highest BCUT2D eigenvalue weighted by molar-refractivity contribution is 6.16. The first-order chi connectivity index (χ1) is 16.1. The molecule has 1 fully saturated rings. The molecule has 1 N–H and O–H groups in total. The van der Waals surface area contributed by atoms with Crippen LogP contribution in [0.3, 0.4) is 0 Å². The fraction of sp³-hybridized carbons (Fsp3) is 0.308. The van der Waals surface area contributed by atoms with Crippen molar-refractivity contribution in [3.05, 3.63) is 71.5 Å². The number of carbonyl (C=O) groups is 1. The van der Waals surface area contributed by atoms with E-state index in [0.717, 1.165) is 37.9 Å². The Morgan fingerprint density at radius 3 is 2.67 bits per heavy atom. The molecule has 7 heteroatoms. The Bertz CT molecular complexity index is 1310. The maximum atomic E-state index is 15.0. The fourth-order valence-corrected chi connectivity index (χ4v) is 4.94. The highest BCUT2D eigenvalue weighted by Gasteiger charge is 2.33. The first-order valence-electron chi connectivity index (χ1n) is 11.3. The zero-order valence-corrected chi connectivity index (χ0v) is 18.4. The number of hydrogen-bond acceptors (Lipinski definition) is 6. The Balaban J connectivity index is 1.89. The molecule has 1 aliphatic heterocycles. The SMILES string of the molecule is CCOC(=O)c1coc2c1c(C(c1ccncc1)N1CCCCC1)c(O)c1c(F)cccc12. The van der Waals surface area contributed by atoms with Gasteiger partial charge >= 0.3 is 5.97 Å². The summed E-state index contributed by atoms with van der Waals surface area (Å²) < 4.78 is 26.2. The van der Waals surface area contributed by atoms with E-state index in [9.17, 15) is 9.90 Å². The predicted molar refractivity (Wildman–Crippen MR) is 123 cm³/mol. The van der Waals surface area contributed by atoms with Crippen LogP contribution in [-0.4, -0.2) is 40.7 Å². The number of aromatic nitrogens is 1. The molecule has 2 aromatic carbocycles. The van der Waals surface area contributed by atoms with Crippen LogP contribution in [0.25, 0.3) is 21.7 Å². The van der Waals surface area contributed by atoms with Crippen LogP contribution >= 0.6 is 0 Å². The number of hydrogen-bond donors (Lipinski definition) is 1. The van der Waals surface area contributed by atoms with Gasteiger partial charge in [0.2, 0.25) is 0 Å². The predicted octanol–water partition coefficient (Wildman–Crippen LogP) is 5.58. The van der Waals surface area contributed by atoms with Crippen LogP contribution in [0, 0.1) is 5.82 Å². The lowest BCUT2D eigenvalue weighted by atomic mass is 9.88. The maximum absolute atomic E-state index is 15.0. The number of aromatic hydroxyl groups is 1. The van der Waals surface area contributed by atoms with Gasteiger partial charge in [0.25, 0.3) is 0 Å². The molecule has 0 bridgehead atoms. The summed E-state index contributed by atoms with van der Waals surface area (Å²) in [6, 6.07) is 7.93. The van der Waals surface area contributed by atoms with Crippen molar-refractivity contribution in [2.24, 2.45) is 0 Å². The Morgan fingerprint density at radius 2 is 1.94 bits per heavy atom. The third-order valence-electron chi connectivity index (χ3n) is 6.36. The van der Waals surface area contributed by atoms with Crippen molar-refractivity contribution in [1.82, 2.24) is 9.88 Å². The lowest BCUT2D eigenvalue weighted by Gasteiger charge is -2.36. The highest BCUT2D eigenvalue weighted by Crippen LogP contribution is 2.47. The normalized spacial score (nSPS) is 15.7. The van der Waals surface area contributed by atoms with E-state index in [1.54, 1.807) is 31.5 Å². The summed E-state index contributed by atoms with van der Waals surface area (Å²) in [7, 11) is 0. The molecule has 1 atom stereocenters. The third-order valence-corrected chi connectivity index (χ3v) is 6.36. The number of benzene rings is 2. The van der Waals surface area contributed by atoms with Crippen LogP contribution in [0.5, 0.6) is 5.75 Å². The summed E-state index contributed by atoms with van der Waals surface area (Å²) >= 11 is 0. The standard InChI is InChI=1S/C26H25FN2O4/c1-2-32-26(31)18-15-33-25-17-7-6-8-19(27)20(17)24(30)22(21(18)25)23(16-9-11-28-12-10-16)29-13-4-3-5-14-29/h6-12,15,23,30H,2-5,13-14H2,1H3. The van der Waals surface area contributed by atoms with E-state index in [4.69, 9.17) is 9.15 Å². The summed E-state index contributed by atoms with van der Waals surface area (Å²) in [5.41, 5.74) is 1.93. The van der Waals surface area contributed by atoms with Crippen LogP contribution in [0.1, 0.15) is 53.7 Å². The van der Waals surface area contributed by atoms with Crippen molar-refractivity contribution in [3.63, 3.8) is 0 Å². The van der Waals surface area contributed by atoms with Gasteiger partial charge in [0, 0.05) is 28.7 Å². The van der Waals surface area contributed by atoms with Gasteiger partial charge in [-0.25, -0.2) is 9.18 Å². The molecular weight excluding hydrogens is 423 g/mol. The maximum Gasteiger partial charge on any atom is 0.342 e. The van der Waals surface area contributed by atoms with Gasteiger partial charge in [0.1, 0.15) is 29.0 Å². The molecule has 0 spiro atoms. The molecular formula is C26H25FN2O4. The van der Waals surface area contributed by atoms with Crippen LogP contribution < -0.4 is 0 Å². The summed E-state index contributed by atoms with van der Waals surface area (Å²) in [6.45, 7) is 3.57. The number of halogens is 1. The van der Waals surface area contributed by atoms with E-state index in [1.165, 1.54) is 12.3 Å². The van der Waals surface area contributed by atoms with Crippen molar-refractivity contribution in [3.8, 4) is 5.75 Å². The second-order valence-corrected chi connectivity index (χ2v) is 8.28. The third kappa shape index (κ3) is 3.62. The van der Waals surface area contributed by atoms with Gasteiger partial charge in [0.15, 0.2) is 0 Å². The minimum absolute atomic E-state index is 0.0841. The van der Waals surface area contributed by atoms with Gasteiger partial charge in [-0.2, -0.15) is 0 Å². The van der Waals surface area contributed by atoms with Crippen molar-refractivity contribution in [2.45, 2.75) is 32.2 Å². The smallest absolute Gasteiger partial charge is 0.342 e. The first-order valence-corrected chi connectivity index (χ1v) is 11.3. The number of phenols is 1. The van der Waals surface area contributed by atoms with E-state index in [1.807, 2.05) is 12.1 Å². The molecule has 3 heterocycles. The minimum Gasteiger partial charge on any atom is -0.507 e. The molecule has 0 amide bonds. The molecule has 0 saturated carbocycles. The molecule has 0 radical (unpaired) electrons. The number of piperidine rings is 1. The average molecular weight is 448 g/mol. The summed E-state index contributed by atoms with van der Waals surface area (Å²) in [5, 5.41) is 12.5. The van der Waals surface area contributed by atoms with Crippen LogP contribution in [0.2, 0.25) is 0 Å². The lowest BCUT2D eigenvalue weighted by molar-refractivity contribution is 0.0527. The van der Waals surface area contributed by atoms with Gasteiger partial charge in [-0.05, 0) is 56.6 Å². The minimum atomic E-state index is -0.547. The van der Waals surface area contributed by atoms with E-state index in [2.05, 4.69) is 9.88 Å². The summed E-state index contributed by atoms with van der Waals surface area (Å²) in [4.78, 5) is 19.3. The molecule has 1 saturated heterocycles. The Kier molecular flexibility index (Phi) is 5.72. The molecule has 6 nitrogen and oxygen atoms in total. The van der Waals surface area contributed by atoms with Crippen LogP contribution in [0.4, 0.5) is 4.39 Å².